The summed E-state index contributed by atoms with van der Waals surface area (Å²) in [6.45, 7) is 2.39. The molecule has 5 heterocycles. The lowest BCUT2D eigenvalue weighted by atomic mass is 9.81. The Hall–Kier alpha value is -4.31. The van der Waals surface area contributed by atoms with Crippen molar-refractivity contribution in [2.45, 2.75) is 57.2 Å². The minimum atomic E-state index is -5.82. The number of amides is 1. The van der Waals surface area contributed by atoms with Crippen molar-refractivity contribution in [2.75, 3.05) is 11.1 Å². The van der Waals surface area contributed by atoms with Gasteiger partial charge in [0, 0.05) is 30.0 Å². The lowest BCUT2D eigenvalue weighted by Crippen LogP contribution is -2.36. The molecule has 0 aromatic carbocycles. The number of aryl methyl sites for hydroxylation is 2. The summed E-state index contributed by atoms with van der Waals surface area (Å²) in [4.78, 5) is 29.8. The third-order valence-electron chi connectivity index (χ3n) is 6.44. The molecule has 1 amide bonds. The molecule has 17 heteroatoms. The average Bonchev–Trinajstić information content (AvgIpc) is 3.58. The molecule has 4 aromatic rings. The van der Waals surface area contributed by atoms with Crippen molar-refractivity contribution in [3.63, 3.8) is 0 Å². The van der Waals surface area contributed by atoms with Crippen LogP contribution in [-0.2, 0) is 23.6 Å². The van der Waals surface area contributed by atoms with Gasteiger partial charge in [-0.3, -0.25) is 9.48 Å². The lowest BCUT2D eigenvalue weighted by molar-refractivity contribution is -0.284. The van der Waals surface area contributed by atoms with Gasteiger partial charge in [-0.1, -0.05) is 5.21 Å². The fourth-order valence-electron chi connectivity index (χ4n) is 4.16. The molecule has 1 aliphatic heterocycles. The second kappa shape index (κ2) is 8.60. The summed E-state index contributed by atoms with van der Waals surface area (Å²) in [5.74, 6) is -6.68. The Bertz CT molecular complexity index is 1720. The number of hydrogen-bond donors (Lipinski definition) is 2. The number of nitrogens with zero attached hydrogens (tertiary/aromatic N) is 9. The van der Waals surface area contributed by atoms with Gasteiger partial charge in [0.1, 0.15) is 34.3 Å². The summed E-state index contributed by atoms with van der Waals surface area (Å²) >= 11 is 0. The van der Waals surface area contributed by atoms with Crippen molar-refractivity contribution in [3.8, 4) is 11.5 Å². The smallest absolute Gasteiger partial charge is 0.383 e. The van der Waals surface area contributed by atoms with Crippen molar-refractivity contribution in [3.05, 3.63) is 29.5 Å². The van der Waals surface area contributed by atoms with E-state index in [1.807, 2.05) is 13.8 Å². The molecule has 0 radical (unpaired) electrons. The standard InChI is InChI=1S/C22H22F5N11O/c1-9(2)38-8-11(35-36-38)20(3)13-15(28)32-17(33-16(13)34-19(20)39)14-10-7-29-37(4)18(10)31-12(30-14)5-6-21(23,24)22(25,26)27/h7-9H,5-6H2,1-4H3,(H3,28,32,33,34,39)/i4D3. The minimum Gasteiger partial charge on any atom is -0.383 e. The maximum absolute atomic E-state index is 13.7. The van der Waals surface area contributed by atoms with Crippen LogP contribution >= 0.6 is 0 Å². The molecule has 1 atom stereocenters. The van der Waals surface area contributed by atoms with Gasteiger partial charge >= 0.3 is 12.1 Å². The topological polar surface area (TPSA) is 155 Å². The molecular formula is C22H22F5N11O. The Morgan fingerprint density at radius 3 is 2.56 bits per heavy atom. The van der Waals surface area contributed by atoms with Crippen LogP contribution in [-0.4, -0.2) is 62.7 Å². The van der Waals surface area contributed by atoms with Crippen LogP contribution in [0.1, 0.15) is 54.4 Å². The van der Waals surface area contributed by atoms with Crippen LogP contribution in [0.3, 0.4) is 0 Å². The van der Waals surface area contributed by atoms with Gasteiger partial charge in [-0.05, 0) is 20.8 Å². The maximum Gasteiger partial charge on any atom is 0.453 e. The van der Waals surface area contributed by atoms with E-state index in [0.29, 0.717) is 4.68 Å². The molecule has 5 rings (SSSR count). The number of halogens is 5. The zero-order valence-electron chi connectivity index (χ0n) is 23.5. The first-order valence-electron chi connectivity index (χ1n) is 13.0. The third kappa shape index (κ3) is 4.11. The Balaban J connectivity index is 1.65. The Morgan fingerprint density at radius 2 is 1.92 bits per heavy atom. The molecule has 4 aromatic heterocycles. The van der Waals surface area contributed by atoms with Gasteiger partial charge in [0.2, 0.25) is 5.91 Å². The highest BCUT2D eigenvalue weighted by Gasteiger charge is 2.56. The first kappa shape index (κ1) is 22.7. The average molecular weight is 555 g/mol. The Labute approximate surface area is 221 Å². The molecule has 12 nitrogen and oxygen atoms in total. The van der Waals surface area contributed by atoms with Gasteiger partial charge in [0.05, 0.1) is 23.3 Å². The summed E-state index contributed by atoms with van der Waals surface area (Å²) in [5, 5.41) is 14.5. The molecule has 1 aliphatic rings. The molecule has 0 spiro atoms. The summed E-state index contributed by atoms with van der Waals surface area (Å²) in [5.41, 5.74) is 4.64. The van der Waals surface area contributed by atoms with Gasteiger partial charge in [-0.25, -0.2) is 24.6 Å². The predicted molar refractivity (Wildman–Crippen MR) is 127 cm³/mol. The number of hydrogen-bond acceptors (Lipinski definition) is 9. The third-order valence-corrected chi connectivity index (χ3v) is 6.44. The van der Waals surface area contributed by atoms with Gasteiger partial charge in [-0.2, -0.15) is 27.1 Å². The molecule has 3 N–H and O–H groups in total. The molecule has 206 valence electrons. The quantitative estimate of drug-likeness (QED) is 0.342. The van der Waals surface area contributed by atoms with Crippen molar-refractivity contribution >= 4 is 28.6 Å². The zero-order chi connectivity index (χ0) is 31.0. The minimum absolute atomic E-state index is 0.0378. The van der Waals surface area contributed by atoms with Crippen molar-refractivity contribution in [1.82, 2.24) is 44.7 Å². The van der Waals surface area contributed by atoms with Crippen LogP contribution in [0, 0.1) is 0 Å². The van der Waals surface area contributed by atoms with E-state index in [-0.39, 0.29) is 51.5 Å². The number of nitrogens with two attached hydrogens (primary N) is 1. The number of aromatic nitrogens is 9. The second-order valence-corrected chi connectivity index (χ2v) is 9.40. The van der Waals surface area contributed by atoms with Crippen LogP contribution in [0.15, 0.2) is 12.4 Å². The summed E-state index contributed by atoms with van der Waals surface area (Å²) < 4.78 is 90.8. The molecule has 39 heavy (non-hydrogen) atoms. The van der Waals surface area contributed by atoms with Crippen LogP contribution in [0.4, 0.5) is 33.6 Å². The van der Waals surface area contributed by atoms with Gasteiger partial charge < -0.3 is 11.1 Å². The SMILES string of the molecule is [2H]C([2H])([2H])n1ncc2c(-c3nc(N)c4c(n3)NC(=O)C4(C)c3cn(C(C)C)nn3)nc(CCC(F)(F)C(F)(F)F)nc21. The Kier molecular flexibility index (Phi) is 5.00. The van der Waals surface area contributed by atoms with E-state index in [9.17, 15) is 26.7 Å². The van der Waals surface area contributed by atoms with Crippen molar-refractivity contribution in [2.24, 2.45) is 6.98 Å². The lowest BCUT2D eigenvalue weighted by Gasteiger charge is -2.20. The number of nitrogen functional groups attached to an aromatic ring is 1. The van der Waals surface area contributed by atoms with Crippen molar-refractivity contribution in [1.29, 1.82) is 0 Å². The van der Waals surface area contributed by atoms with E-state index in [4.69, 9.17) is 9.85 Å². The number of alkyl halides is 5. The highest BCUT2D eigenvalue weighted by Crippen LogP contribution is 2.44. The normalized spacial score (nSPS) is 19.2. The number of carbonyl (C=O) groups excluding carboxylic acids is 1. The second-order valence-electron chi connectivity index (χ2n) is 9.40. The van der Waals surface area contributed by atoms with Crippen LogP contribution in [0.25, 0.3) is 22.6 Å². The van der Waals surface area contributed by atoms with E-state index in [0.717, 1.165) is 6.20 Å². The monoisotopic (exact) mass is 554 g/mol. The van der Waals surface area contributed by atoms with E-state index < -0.39 is 49.1 Å². The molecule has 0 aliphatic carbocycles. The zero-order valence-corrected chi connectivity index (χ0v) is 20.5. The number of fused-ring (bicyclic) bond motifs is 2. The number of anilines is 2. The van der Waals surface area contributed by atoms with Crippen molar-refractivity contribution < 1.29 is 30.9 Å². The fourth-order valence-corrected chi connectivity index (χ4v) is 4.16. The molecule has 0 bridgehead atoms. The fraction of sp³-hybridized carbons (Fsp3) is 0.455. The Morgan fingerprint density at radius 1 is 1.18 bits per heavy atom. The van der Waals surface area contributed by atoms with Crippen LogP contribution in [0.5, 0.6) is 0 Å². The van der Waals surface area contributed by atoms with Crippen LogP contribution < -0.4 is 11.1 Å². The number of carbonyl (C=O) groups is 1. The number of nitrogens with one attached hydrogen (secondary N) is 1. The van der Waals surface area contributed by atoms with Gasteiger partial charge in [0.25, 0.3) is 0 Å². The highest BCUT2D eigenvalue weighted by molar-refractivity contribution is 6.09. The molecular weight excluding hydrogens is 529 g/mol. The molecule has 1 unspecified atom stereocenters. The highest BCUT2D eigenvalue weighted by atomic mass is 19.4. The van der Waals surface area contributed by atoms with E-state index in [1.165, 1.54) is 0 Å². The van der Waals surface area contributed by atoms with E-state index in [2.05, 4.69) is 40.7 Å². The molecule has 0 saturated heterocycles. The molecule has 0 saturated carbocycles. The summed E-state index contributed by atoms with van der Waals surface area (Å²) in [7, 11) is 0. The largest absolute Gasteiger partial charge is 0.453 e. The van der Waals surface area contributed by atoms with E-state index >= 15 is 0 Å². The first-order valence-corrected chi connectivity index (χ1v) is 11.5. The number of rotatable bonds is 6. The summed E-state index contributed by atoms with van der Waals surface area (Å²) in [6, 6.07) is -0.0592. The maximum atomic E-state index is 13.7. The van der Waals surface area contributed by atoms with Crippen LogP contribution in [0.2, 0.25) is 0 Å². The predicted octanol–water partition coefficient (Wildman–Crippen LogP) is 2.96. The van der Waals surface area contributed by atoms with Gasteiger partial charge in [-0.15, -0.1) is 5.10 Å². The van der Waals surface area contributed by atoms with E-state index in [1.54, 1.807) is 17.8 Å². The first-order chi connectivity index (χ1) is 19.3. The summed E-state index contributed by atoms with van der Waals surface area (Å²) in [6.07, 6.45) is -5.87. The van der Waals surface area contributed by atoms with Gasteiger partial charge in [0.15, 0.2) is 11.5 Å². The molecule has 0 fully saturated rings.